The van der Waals surface area contributed by atoms with Gasteiger partial charge in [0, 0.05) is 37.0 Å². The number of nitrogens with one attached hydrogen (secondary N) is 2. The van der Waals surface area contributed by atoms with Crippen LogP contribution in [0.4, 0.5) is 0 Å². The molecule has 2 N–H and O–H groups in total. The number of aryl methyl sites for hydroxylation is 1. The molecule has 4 heteroatoms. The van der Waals surface area contributed by atoms with Gasteiger partial charge in [-0.05, 0) is 36.5 Å². The minimum absolute atomic E-state index is 0.260. The predicted octanol–water partition coefficient (Wildman–Crippen LogP) is 3.68. The molecule has 4 nitrogen and oxygen atoms in total. The summed E-state index contributed by atoms with van der Waals surface area (Å²) in [7, 11) is 0. The zero-order valence-corrected chi connectivity index (χ0v) is 14.4. The standard InChI is InChI=1S/C21H24N4/c1-2-15-5-8-19-17(12-15)7-6-16-4-3-10-23-20(16)21(19)24-11-9-18-13-22-14-25-18/h2-5,10,12-14,19,21,24H,1,6-9,11H2,(H,22,25)/t19-,21?/m1/s1. The van der Waals surface area contributed by atoms with Crippen molar-refractivity contribution < 1.29 is 0 Å². The minimum atomic E-state index is 0.260. The Kier molecular flexibility index (Phi) is 4.61. The van der Waals surface area contributed by atoms with Crippen molar-refractivity contribution in [3.63, 3.8) is 0 Å². The van der Waals surface area contributed by atoms with E-state index in [1.165, 1.54) is 22.4 Å². The van der Waals surface area contributed by atoms with Crippen molar-refractivity contribution in [2.75, 3.05) is 6.54 Å². The van der Waals surface area contributed by atoms with E-state index in [0.29, 0.717) is 5.92 Å². The summed E-state index contributed by atoms with van der Waals surface area (Å²) in [6, 6.07) is 4.54. The van der Waals surface area contributed by atoms with Crippen LogP contribution in [0.2, 0.25) is 0 Å². The maximum absolute atomic E-state index is 4.76. The number of imidazole rings is 1. The van der Waals surface area contributed by atoms with Gasteiger partial charge in [-0.3, -0.25) is 4.98 Å². The normalized spacial score (nSPS) is 22.2. The van der Waals surface area contributed by atoms with Gasteiger partial charge in [0.2, 0.25) is 0 Å². The smallest absolute Gasteiger partial charge is 0.0921 e. The number of allylic oxidation sites excluding steroid dienone is 4. The van der Waals surface area contributed by atoms with E-state index < -0.39 is 0 Å². The van der Waals surface area contributed by atoms with Gasteiger partial charge in [0.25, 0.3) is 0 Å². The van der Waals surface area contributed by atoms with Gasteiger partial charge in [-0.2, -0.15) is 0 Å². The molecule has 128 valence electrons. The lowest BCUT2D eigenvalue weighted by Gasteiger charge is -2.30. The number of hydrogen-bond donors (Lipinski definition) is 2. The van der Waals surface area contributed by atoms with Gasteiger partial charge in [0.15, 0.2) is 0 Å². The summed E-state index contributed by atoms with van der Waals surface area (Å²) in [4.78, 5) is 12.0. The number of rotatable bonds is 5. The summed E-state index contributed by atoms with van der Waals surface area (Å²) in [5.41, 5.74) is 6.53. The number of H-pyrrole nitrogens is 1. The Balaban J connectivity index is 1.59. The van der Waals surface area contributed by atoms with Crippen LogP contribution in [0.3, 0.4) is 0 Å². The second-order valence-electron chi connectivity index (χ2n) is 6.78. The highest BCUT2D eigenvalue weighted by Crippen LogP contribution is 2.40. The zero-order valence-electron chi connectivity index (χ0n) is 14.4. The summed E-state index contributed by atoms with van der Waals surface area (Å²) in [5.74, 6) is 0.474. The van der Waals surface area contributed by atoms with Gasteiger partial charge in [0.05, 0.1) is 18.1 Å². The first-order chi connectivity index (χ1) is 12.3. The van der Waals surface area contributed by atoms with Crippen molar-refractivity contribution in [1.29, 1.82) is 0 Å². The first-order valence-corrected chi connectivity index (χ1v) is 9.02. The molecular formula is C21H24N4. The Morgan fingerprint density at radius 3 is 3.16 bits per heavy atom. The fraction of sp³-hybridized carbons (Fsp3) is 0.333. The van der Waals surface area contributed by atoms with Gasteiger partial charge >= 0.3 is 0 Å². The number of nitrogens with zero attached hydrogens (tertiary/aromatic N) is 2. The van der Waals surface area contributed by atoms with E-state index >= 15 is 0 Å². The van der Waals surface area contributed by atoms with E-state index in [0.717, 1.165) is 37.9 Å². The van der Waals surface area contributed by atoms with Gasteiger partial charge in [0.1, 0.15) is 0 Å². The van der Waals surface area contributed by atoms with Crippen molar-refractivity contribution in [1.82, 2.24) is 20.3 Å². The molecule has 0 bridgehead atoms. The molecule has 25 heavy (non-hydrogen) atoms. The van der Waals surface area contributed by atoms with Crippen molar-refractivity contribution in [3.8, 4) is 0 Å². The largest absolute Gasteiger partial charge is 0.348 e. The highest BCUT2D eigenvalue weighted by Gasteiger charge is 2.32. The molecule has 1 unspecified atom stereocenters. The summed E-state index contributed by atoms with van der Waals surface area (Å²) in [6.45, 7) is 4.84. The van der Waals surface area contributed by atoms with E-state index in [-0.39, 0.29) is 6.04 Å². The molecule has 2 heterocycles. The van der Waals surface area contributed by atoms with Crippen molar-refractivity contribution >= 4 is 0 Å². The SMILES string of the molecule is C=CC1=CC[C@@H]2C(=C1)CCc1cccnc1C2NCCc1cnc[nH]1. The molecule has 0 fully saturated rings. The highest BCUT2D eigenvalue weighted by molar-refractivity contribution is 5.40. The average Bonchev–Trinajstić information content (AvgIpc) is 3.12. The van der Waals surface area contributed by atoms with Crippen LogP contribution in [0.1, 0.15) is 35.8 Å². The molecule has 2 aromatic heterocycles. The van der Waals surface area contributed by atoms with Crippen LogP contribution in [0.5, 0.6) is 0 Å². The van der Waals surface area contributed by atoms with Crippen molar-refractivity contribution in [2.45, 2.75) is 31.7 Å². The molecule has 4 rings (SSSR count). The fourth-order valence-corrected chi connectivity index (χ4v) is 3.98. The Hall–Kier alpha value is -2.46. The predicted molar refractivity (Wildman–Crippen MR) is 100 cm³/mol. The quantitative estimate of drug-likeness (QED) is 0.878. The van der Waals surface area contributed by atoms with E-state index in [1.54, 1.807) is 6.33 Å². The first kappa shape index (κ1) is 16.0. The minimum Gasteiger partial charge on any atom is -0.348 e. The number of pyridine rings is 1. The van der Waals surface area contributed by atoms with E-state index in [9.17, 15) is 0 Å². The molecule has 2 aliphatic rings. The molecule has 0 radical (unpaired) electrons. The monoisotopic (exact) mass is 332 g/mol. The summed E-state index contributed by atoms with van der Waals surface area (Å²) in [5, 5.41) is 3.78. The summed E-state index contributed by atoms with van der Waals surface area (Å²) in [6.07, 6.45) is 16.3. The topological polar surface area (TPSA) is 53.6 Å². The summed E-state index contributed by atoms with van der Waals surface area (Å²) >= 11 is 0. The zero-order chi connectivity index (χ0) is 17.1. The Bertz CT molecular complexity index is 801. The maximum Gasteiger partial charge on any atom is 0.0921 e. The highest BCUT2D eigenvalue weighted by atomic mass is 15.0. The molecule has 2 aromatic rings. The molecule has 0 saturated heterocycles. The lowest BCUT2D eigenvalue weighted by atomic mass is 9.81. The van der Waals surface area contributed by atoms with Crippen LogP contribution in [0, 0.1) is 5.92 Å². The fourth-order valence-electron chi connectivity index (χ4n) is 3.98. The number of fused-ring (bicyclic) bond motifs is 2. The van der Waals surface area contributed by atoms with Gasteiger partial charge in [-0.15, -0.1) is 0 Å². The van der Waals surface area contributed by atoms with Crippen molar-refractivity contribution in [3.05, 3.63) is 83.8 Å². The van der Waals surface area contributed by atoms with Crippen LogP contribution in [-0.2, 0) is 12.8 Å². The second-order valence-corrected chi connectivity index (χ2v) is 6.78. The number of hydrogen-bond acceptors (Lipinski definition) is 3. The molecule has 0 aliphatic heterocycles. The number of aromatic amines is 1. The van der Waals surface area contributed by atoms with Crippen LogP contribution < -0.4 is 5.32 Å². The molecule has 0 amide bonds. The third kappa shape index (κ3) is 3.35. The Morgan fingerprint density at radius 1 is 1.36 bits per heavy atom. The van der Waals surface area contributed by atoms with Gasteiger partial charge in [-0.1, -0.05) is 36.4 Å². The van der Waals surface area contributed by atoms with Crippen LogP contribution in [0.15, 0.2) is 66.8 Å². The lowest BCUT2D eigenvalue weighted by Crippen LogP contribution is -2.32. The number of aromatic nitrogens is 3. The molecule has 0 saturated carbocycles. The Labute approximate surface area is 148 Å². The molecule has 0 spiro atoms. The molecule has 2 aliphatic carbocycles. The summed E-state index contributed by atoms with van der Waals surface area (Å²) < 4.78 is 0. The van der Waals surface area contributed by atoms with Crippen molar-refractivity contribution in [2.24, 2.45) is 5.92 Å². The lowest BCUT2D eigenvalue weighted by molar-refractivity contribution is 0.396. The van der Waals surface area contributed by atoms with E-state index in [2.05, 4.69) is 46.1 Å². The van der Waals surface area contributed by atoms with Crippen LogP contribution >= 0.6 is 0 Å². The molecule has 2 atom stereocenters. The first-order valence-electron chi connectivity index (χ1n) is 9.02. The Morgan fingerprint density at radius 2 is 2.32 bits per heavy atom. The maximum atomic E-state index is 4.76. The van der Waals surface area contributed by atoms with Gasteiger partial charge < -0.3 is 10.3 Å². The molecular weight excluding hydrogens is 308 g/mol. The third-order valence-corrected chi connectivity index (χ3v) is 5.29. The average molecular weight is 332 g/mol. The van der Waals surface area contributed by atoms with Crippen LogP contribution in [-0.4, -0.2) is 21.5 Å². The van der Waals surface area contributed by atoms with E-state index in [1.807, 2.05) is 18.5 Å². The van der Waals surface area contributed by atoms with E-state index in [4.69, 9.17) is 4.98 Å². The van der Waals surface area contributed by atoms with Crippen LogP contribution in [0.25, 0.3) is 0 Å². The third-order valence-electron chi connectivity index (χ3n) is 5.29. The second kappa shape index (κ2) is 7.19. The van der Waals surface area contributed by atoms with Gasteiger partial charge in [-0.25, -0.2) is 4.98 Å². The molecule has 0 aromatic carbocycles.